The molecule has 0 radical (unpaired) electrons. The highest BCUT2D eigenvalue weighted by Crippen LogP contribution is 1.98. The maximum Gasteiger partial charge on any atom is 0.275 e. The summed E-state index contributed by atoms with van der Waals surface area (Å²) >= 11 is 0. The molecule has 1 aliphatic heterocycles. The zero-order chi connectivity index (χ0) is 20.6. The maximum atomic E-state index is 11.8. The van der Waals surface area contributed by atoms with E-state index < -0.39 is 5.91 Å². The van der Waals surface area contributed by atoms with Crippen LogP contribution in [0.25, 0.3) is 0 Å². The largest absolute Gasteiger partial charge is 0.366 e. The average Bonchev–Trinajstić information content (AvgIpc) is 2.57. The third-order valence-electron chi connectivity index (χ3n) is 3.78. The Morgan fingerprint density at radius 1 is 1.23 bits per heavy atom. The predicted molar refractivity (Wildman–Crippen MR) is 110 cm³/mol. The minimum atomic E-state index is -0.435. The molecule has 1 heterocycles. The quantitative estimate of drug-likeness (QED) is 0.429. The second kappa shape index (κ2) is 15.8. The molecule has 1 aliphatic rings. The fourth-order valence-corrected chi connectivity index (χ4v) is 2.42. The van der Waals surface area contributed by atoms with Gasteiger partial charge in [0.15, 0.2) is 6.54 Å². The molecule has 1 saturated heterocycles. The first kappa shape index (κ1) is 26.8. The van der Waals surface area contributed by atoms with Gasteiger partial charge in [-0.05, 0) is 13.3 Å². The third-order valence-corrected chi connectivity index (χ3v) is 3.78. The molecule has 0 saturated carbocycles. The van der Waals surface area contributed by atoms with Gasteiger partial charge in [0.1, 0.15) is 0 Å². The lowest BCUT2D eigenvalue weighted by Crippen LogP contribution is -2.50. The number of hydrogen-bond donors (Lipinski definition) is 3. The number of rotatable bonds is 8. The Kier molecular flexibility index (Phi) is 16.3. The first-order valence-corrected chi connectivity index (χ1v) is 9.65. The molecule has 7 heteroatoms. The van der Waals surface area contributed by atoms with Gasteiger partial charge in [-0.1, -0.05) is 27.4 Å². The van der Waals surface area contributed by atoms with Crippen LogP contribution < -0.4 is 16.4 Å². The molecule has 0 aromatic heterocycles. The number of nitrogens with one attached hydrogen (secondary N) is 2. The minimum Gasteiger partial charge on any atom is -0.366 e. The number of piperazine rings is 1. The topological polar surface area (TPSA) is 87.5 Å². The van der Waals surface area contributed by atoms with E-state index in [4.69, 9.17) is 5.73 Å². The number of hydrogen-bond acceptors (Lipinski definition) is 4. The smallest absolute Gasteiger partial charge is 0.275 e. The number of likely N-dealkylation sites (N-methyl/N-ethyl adjacent to an activating group) is 1. The van der Waals surface area contributed by atoms with Gasteiger partial charge in [0.05, 0.1) is 20.6 Å². The van der Waals surface area contributed by atoms with Crippen LogP contribution in [0.15, 0.2) is 12.2 Å². The van der Waals surface area contributed by atoms with Crippen LogP contribution >= 0.6 is 0 Å². The van der Waals surface area contributed by atoms with Gasteiger partial charge < -0.3 is 20.9 Å². The summed E-state index contributed by atoms with van der Waals surface area (Å²) < 4.78 is 0.774. The summed E-state index contributed by atoms with van der Waals surface area (Å²) in [5.74, 6) is -0.265. The van der Waals surface area contributed by atoms with Gasteiger partial charge >= 0.3 is 0 Å². The molecular weight excluding hydrogens is 330 g/mol. The molecule has 0 bridgehead atoms. The van der Waals surface area contributed by atoms with E-state index >= 15 is 0 Å². The SMILES string of the molecule is C=C(C)C(N)=O.CC.CCC[N+](C)(C)CC(=O)NCCN1CCNCC1. The van der Waals surface area contributed by atoms with E-state index in [9.17, 15) is 9.59 Å². The van der Waals surface area contributed by atoms with Crippen LogP contribution in [0.3, 0.4) is 0 Å². The summed E-state index contributed by atoms with van der Waals surface area (Å²) in [7, 11) is 4.22. The molecule has 0 aliphatic carbocycles. The van der Waals surface area contributed by atoms with Gasteiger partial charge in [0, 0.05) is 44.8 Å². The molecule has 26 heavy (non-hydrogen) atoms. The van der Waals surface area contributed by atoms with Crippen LogP contribution in [-0.4, -0.2) is 87.7 Å². The number of carbonyl (C=O) groups is 2. The van der Waals surface area contributed by atoms with Gasteiger partial charge in [-0.2, -0.15) is 0 Å². The molecule has 2 amide bonds. The van der Waals surface area contributed by atoms with Crippen LogP contribution in [-0.2, 0) is 9.59 Å². The number of primary amides is 1. The summed E-state index contributed by atoms with van der Waals surface area (Å²) in [6.07, 6.45) is 1.11. The van der Waals surface area contributed by atoms with E-state index in [0.717, 1.165) is 56.7 Å². The normalized spacial score (nSPS) is 14.2. The Balaban J connectivity index is 0. The molecule has 0 aromatic rings. The van der Waals surface area contributed by atoms with E-state index in [1.165, 1.54) is 0 Å². The number of quaternary nitrogens is 1. The van der Waals surface area contributed by atoms with Crippen molar-refractivity contribution < 1.29 is 14.1 Å². The van der Waals surface area contributed by atoms with Crippen LogP contribution in [0.2, 0.25) is 0 Å². The highest BCUT2D eigenvalue weighted by molar-refractivity contribution is 5.90. The van der Waals surface area contributed by atoms with Gasteiger partial charge in [0.2, 0.25) is 5.91 Å². The summed E-state index contributed by atoms with van der Waals surface area (Å²) in [6, 6.07) is 0. The average molecular weight is 373 g/mol. The van der Waals surface area contributed by atoms with Gasteiger partial charge in [-0.25, -0.2) is 0 Å². The molecule has 0 atom stereocenters. The van der Waals surface area contributed by atoms with E-state index in [-0.39, 0.29) is 5.91 Å². The van der Waals surface area contributed by atoms with Crippen molar-refractivity contribution in [3.05, 3.63) is 12.2 Å². The zero-order valence-corrected chi connectivity index (χ0v) is 17.9. The van der Waals surface area contributed by atoms with Crippen molar-refractivity contribution in [1.82, 2.24) is 15.5 Å². The number of nitrogens with two attached hydrogens (primary N) is 1. The lowest BCUT2D eigenvalue weighted by atomic mass is 10.3. The molecule has 0 unspecified atom stereocenters. The maximum absolute atomic E-state index is 11.8. The van der Waals surface area contributed by atoms with Gasteiger partial charge in [0.25, 0.3) is 5.91 Å². The fourth-order valence-electron chi connectivity index (χ4n) is 2.42. The highest BCUT2D eigenvalue weighted by Gasteiger charge is 2.18. The Hall–Kier alpha value is -1.44. The molecule has 154 valence electrons. The summed E-state index contributed by atoms with van der Waals surface area (Å²) in [5.41, 5.74) is 5.09. The van der Waals surface area contributed by atoms with Crippen molar-refractivity contribution in [2.24, 2.45) is 5.73 Å². The molecule has 0 aromatic carbocycles. The van der Waals surface area contributed by atoms with Gasteiger partial charge in [-0.3, -0.25) is 14.5 Å². The second-order valence-electron chi connectivity index (χ2n) is 6.90. The van der Waals surface area contributed by atoms with E-state index in [2.05, 4.69) is 43.1 Å². The Labute approximate surface area is 160 Å². The van der Waals surface area contributed by atoms with E-state index in [1.54, 1.807) is 6.92 Å². The van der Waals surface area contributed by atoms with Crippen LogP contribution in [0.4, 0.5) is 0 Å². The second-order valence-corrected chi connectivity index (χ2v) is 6.90. The first-order chi connectivity index (χ1) is 12.2. The number of amides is 2. The van der Waals surface area contributed by atoms with Crippen molar-refractivity contribution in [2.75, 3.05) is 66.5 Å². The summed E-state index contributed by atoms with van der Waals surface area (Å²) in [6.45, 7) is 18.7. The molecule has 0 spiro atoms. The molecule has 1 fully saturated rings. The Bertz CT molecular complexity index is 393. The van der Waals surface area contributed by atoms with Crippen LogP contribution in [0.5, 0.6) is 0 Å². The van der Waals surface area contributed by atoms with Gasteiger partial charge in [-0.15, -0.1) is 0 Å². The van der Waals surface area contributed by atoms with Crippen molar-refractivity contribution in [1.29, 1.82) is 0 Å². The van der Waals surface area contributed by atoms with Crippen molar-refractivity contribution in [3.8, 4) is 0 Å². The molecular formula is C19H42N5O2+. The van der Waals surface area contributed by atoms with Crippen molar-refractivity contribution in [2.45, 2.75) is 34.1 Å². The summed E-state index contributed by atoms with van der Waals surface area (Å²) in [5, 5.41) is 6.36. The molecule has 7 nitrogen and oxygen atoms in total. The first-order valence-electron chi connectivity index (χ1n) is 9.65. The van der Waals surface area contributed by atoms with Crippen molar-refractivity contribution >= 4 is 11.8 Å². The lowest BCUT2D eigenvalue weighted by molar-refractivity contribution is -0.882. The minimum absolute atomic E-state index is 0.170. The lowest BCUT2D eigenvalue weighted by Gasteiger charge is -2.29. The fraction of sp³-hybridized carbons (Fsp3) is 0.789. The zero-order valence-electron chi connectivity index (χ0n) is 17.9. The van der Waals surface area contributed by atoms with E-state index in [1.807, 2.05) is 13.8 Å². The Morgan fingerprint density at radius 3 is 2.15 bits per heavy atom. The standard InChI is InChI=1S/C13H28N4O.C4H7NO.C2H6/c1-4-11-17(2,3)12-13(18)15-7-10-16-8-5-14-6-9-16;1-3(2)4(5)6;1-2/h14H,4-12H2,1-3H3;1H2,2H3,(H2,5,6);1-2H3/p+1. The monoisotopic (exact) mass is 372 g/mol. The number of nitrogens with zero attached hydrogens (tertiary/aromatic N) is 2. The van der Waals surface area contributed by atoms with E-state index in [0.29, 0.717) is 12.1 Å². The Morgan fingerprint density at radius 2 is 1.73 bits per heavy atom. The number of carbonyl (C=O) groups excluding carboxylic acids is 2. The molecule has 4 N–H and O–H groups in total. The highest BCUT2D eigenvalue weighted by atomic mass is 16.2. The van der Waals surface area contributed by atoms with Crippen LogP contribution in [0, 0.1) is 0 Å². The van der Waals surface area contributed by atoms with Crippen molar-refractivity contribution in [3.63, 3.8) is 0 Å². The summed E-state index contributed by atoms with van der Waals surface area (Å²) in [4.78, 5) is 24.0. The van der Waals surface area contributed by atoms with Crippen LogP contribution in [0.1, 0.15) is 34.1 Å². The predicted octanol–water partition coefficient (Wildman–Crippen LogP) is 0.568. The third kappa shape index (κ3) is 16.1. The molecule has 1 rings (SSSR count).